The topological polar surface area (TPSA) is 65.2 Å². The third-order valence-electron chi connectivity index (χ3n) is 3.90. The first kappa shape index (κ1) is 17.5. The molecule has 6 nitrogen and oxygen atoms in total. The summed E-state index contributed by atoms with van der Waals surface area (Å²) in [5.41, 5.74) is 0.507. The third kappa shape index (κ3) is 3.38. The molecule has 0 N–H and O–H groups in total. The van der Waals surface area contributed by atoms with Gasteiger partial charge in [-0.2, -0.15) is 22.8 Å². The van der Waals surface area contributed by atoms with Gasteiger partial charge in [0.15, 0.2) is 23.9 Å². The van der Waals surface area contributed by atoms with Gasteiger partial charge in [0.2, 0.25) is 0 Å². The molecule has 0 spiro atoms. The molecule has 0 aromatic carbocycles. The van der Waals surface area contributed by atoms with Crippen LogP contribution in [-0.4, -0.2) is 43.5 Å². The number of rotatable bonds is 4. The van der Waals surface area contributed by atoms with Crippen LogP contribution in [0.4, 0.5) is 26.3 Å². The molecule has 0 unspecified atom stereocenters. The van der Waals surface area contributed by atoms with Crippen molar-refractivity contribution in [2.45, 2.75) is 24.4 Å². The van der Waals surface area contributed by atoms with E-state index in [0.717, 1.165) is 16.8 Å². The number of hydrogen-bond donors (Lipinski definition) is 0. The Bertz CT molecular complexity index is 1020. The van der Waals surface area contributed by atoms with E-state index in [9.17, 15) is 26.3 Å². The molecule has 1 aliphatic rings. The van der Waals surface area contributed by atoms with Crippen molar-refractivity contribution in [1.29, 1.82) is 0 Å². The van der Waals surface area contributed by atoms with Crippen molar-refractivity contribution in [2.24, 2.45) is 0 Å². The number of fused-ring (bicyclic) bond motifs is 1. The number of alkyl halides is 5. The molecule has 0 saturated heterocycles. The largest absolute Gasteiger partial charge is 0.466 e. The first-order valence-corrected chi connectivity index (χ1v) is 7.60. The highest BCUT2D eigenvalue weighted by Gasteiger charge is 2.60. The molecule has 0 bridgehead atoms. The molecule has 4 rings (SSSR count). The fourth-order valence-electron chi connectivity index (χ4n) is 2.49. The minimum Gasteiger partial charge on any atom is -0.466 e. The van der Waals surface area contributed by atoms with Crippen LogP contribution in [-0.2, 0) is 0 Å². The summed E-state index contributed by atoms with van der Waals surface area (Å²) in [5.74, 6) is -5.90. The second kappa shape index (κ2) is 5.79. The smallest absolute Gasteiger partial charge is 0.422 e. The number of nitrogens with zero attached hydrogens (tertiary/aromatic N) is 5. The van der Waals surface area contributed by atoms with Crippen molar-refractivity contribution in [3.05, 3.63) is 36.0 Å². The Morgan fingerprint density at radius 2 is 1.96 bits per heavy atom. The van der Waals surface area contributed by atoms with E-state index in [0.29, 0.717) is 0 Å². The molecule has 1 aliphatic carbocycles. The van der Waals surface area contributed by atoms with Crippen molar-refractivity contribution >= 4 is 5.65 Å². The molecule has 27 heavy (non-hydrogen) atoms. The Balaban J connectivity index is 1.64. The summed E-state index contributed by atoms with van der Waals surface area (Å²) in [6.45, 7) is -1.68. The second-order valence-corrected chi connectivity index (χ2v) is 5.98. The molecule has 3 aromatic heterocycles. The van der Waals surface area contributed by atoms with Crippen molar-refractivity contribution in [1.82, 2.24) is 24.8 Å². The average Bonchev–Trinajstić information content (AvgIpc) is 3.02. The van der Waals surface area contributed by atoms with Crippen molar-refractivity contribution in [3.63, 3.8) is 0 Å². The van der Waals surface area contributed by atoms with E-state index in [-0.39, 0.29) is 29.1 Å². The summed E-state index contributed by atoms with van der Waals surface area (Å²) in [6.07, 6.45) is -3.92. The Hall–Kier alpha value is -2.92. The van der Waals surface area contributed by atoms with Crippen LogP contribution in [0.2, 0.25) is 0 Å². The fraction of sp³-hybridized carbons (Fsp3) is 0.333. The van der Waals surface area contributed by atoms with E-state index in [1.54, 1.807) is 0 Å². The van der Waals surface area contributed by atoms with E-state index in [4.69, 9.17) is 0 Å². The normalized spacial score (nSPS) is 18.7. The first-order chi connectivity index (χ1) is 12.6. The zero-order chi connectivity index (χ0) is 19.4. The van der Waals surface area contributed by atoms with Gasteiger partial charge in [-0.25, -0.2) is 18.2 Å². The van der Waals surface area contributed by atoms with Gasteiger partial charge in [0.1, 0.15) is 0 Å². The van der Waals surface area contributed by atoms with Crippen molar-refractivity contribution in [2.75, 3.05) is 6.61 Å². The Labute approximate surface area is 146 Å². The molecule has 142 valence electrons. The van der Waals surface area contributed by atoms with E-state index in [1.807, 2.05) is 0 Å². The average molecular weight is 389 g/mol. The number of hydrogen-bond acceptors (Lipinski definition) is 5. The predicted molar refractivity (Wildman–Crippen MR) is 77.8 cm³/mol. The second-order valence-electron chi connectivity index (χ2n) is 5.98. The monoisotopic (exact) mass is 389 g/mol. The molecule has 1 atom stereocenters. The zero-order valence-electron chi connectivity index (χ0n) is 13.2. The van der Waals surface area contributed by atoms with Gasteiger partial charge in [-0.05, 0) is 18.2 Å². The summed E-state index contributed by atoms with van der Waals surface area (Å²) < 4.78 is 82.4. The summed E-state index contributed by atoms with van der Waals surface area (Å²) in [6, 6.07) is 3.78. The van der Waals surface area contributed by atoms with Crippen LogP contribution in [0.15, 0.2) is 24.4 Å². The Morgan fingerprint density at radius 3 is 2.59 bits per heavy atom. The Kier molecular flexibility index (Phi) is 3.75. The molecular formula is C15H9F6N5O. The lowest BCUT2D eigenvalue weighted by Crippen LogP contribution is -2.20. The highest BCUT2D eigenvalue weighted by Crippen LogP contribution is 2.54. The maximum Gasteiger partial charge on any atom is 0.422 e. The lowest BCUT2D eigenvalue weighted by atomic mass is 10.2. The van der Waals surface area contributed by atoms with Crippen LogP contribution in [0.3, 0.4) is 0 Å². The highest BCUT2D eigenvalue weighted by molar-refractivity contribution is 5.60. The van der Waals surface area contributed by atoms with Gasteiger partial charge in [-0.3, -0.25) is 0 Å². The standard InChI is InChI=1S/C15H9F6N5O/c16-9-3-7(5-22-13(9)27-6-15(19,20)21)10-1-2-11-23-24-12(26(11)25-10)8-4-14(8,17)18/h1-3,5,8H,4,6H2/t8-/m1/s1. The molecule has 3 aromatic rings. The molecule has 0 amide bonds. The third-order valence-corrected chi connectivity index (χ3v) is 3.90. The molecule has 12 heteroatoms. The van der Waals surface area contributed by atoms with E-state index >= 15 is 0 Å². The van der Waals surface area contributed by atoms with Crippen LogP contribution in [0, 0.1) is 5.82 Å². The number of pyridine rings is 1. The van der Waals surface area contributed by atoms with Crippen molar-refractivity contribution in [3.8, 4) is 17.1 Å². The molecule has 3 heterocycles. The fourth-order valence-corrected chi connectivity index (χ4v) is 2.49. The quantitative estimate of drug-likeness (QED) is 0.640. The predicted octanol–water partition coefficient (Wildman–Crippen LogP) is 3.39. The van der Waals surface area contributed by atoms with Crippen LogP contribution >= 0.6 is 0 Å². The van der Waals surface area contributed by atoms with Crippen LogP contribution in [0.25, 0.3) is 16.9 Å². The lowest BCUT2D eigenvalue weighted by molar-refractivity contribution is -0.154. The van der Waals surface area contributed by atoms with E-state index in [1.165, 1.54) is 12.1 Å². The summed E-state index contributed by atoms with van der Waals surface area (Å²) in [7, 11) is 0. The highest BCUT2D eigenvalue weighted by atomic mass is 19.4. The van der Waals surface area contributed by atoms with Gasteiger partial charge in [-0.15, -0.1) is 10.2 Å². The Morgan fingerprint density at radius 1 is 1.22 bits per heavy atom. The molecule has 0 aliphatic heterocycles. The summed E-state index contributed by atoms with van der Waals surface area (Å²) >= 11 is 0. The lowest BCUT2D eigenvalue weighted by Gasteiger charge is -2.09. The van der Waals surface area contributed by atoms with Gasteiger partial charge in [0, 0.05) is 18.2 Å². The number of ether oxygens (including phenoxy) is 1. The van der Waals surface area contributed by atoms with Crippen LogP contribution in [0.5, 0.6) is 5.88 Å². The molecular weight excluding hydrogens is 380 g/mol. The minimum absolute atomic E-state index is 0.0181. The van der Waals surface area contributed by atoms with E-state index < -0.39 is 36.3 Å². The van der Waals surface area contributed by atoms with Crippen LogP contribution in [0.1, 0.15) is 18.2 Å². The molecule has 0 radical (unpaired) electrons. The first-order valence-electron chi connectivity index (χ1n) is 7.60. The van der Waals surface area contributed by atoms with Crippen molar-refractivity contribution < 1.29 is 31.1 Å². The zero-order valence-corrected chi connectivity index (χ0v) is 13.2. The number of halogens is 6. The number of aromatic nitrogens is 5. The molecule has 1 saturated carbocycles. The summed E-state index contributed by atoms with van der Waals surface area (Å²) in [5, 5.41) is 11.6. The van der Waals surface area contributed by atoms with E-state index in [2.05, 4.69) is 25.0 Å². The van der Waals surface area contributed by atoms with Gasteiger partial charge in [-0.1, -0.05) is 0 Å². The summed E-state index contributed by atoms with van der Waals surface area (Å²) in [4.78, 5) is 3.52. The van der Waals surface area contributed by atoms with Gasteiger partial charge in [0.25, 0.3) is 11.8 Å². The van der Waals surface area contributed by atoms with Gasteiger partial charge >= 0.3 is 6.18 Å². The van der Waals surface area contributed by atoms with Gasteiger partial charge < -0.3 is 4.74 Å². The SMILES string of the molecule is Fc1cc(-c2ccc3nnc([C@H]4CC4(F)F)n3n2)cnc1OCC(F)(F)F. The minimum atomic E-state index is -4.63. The van der Waals surface area contributed by atoms with Gasteiger partial charge in [0.05, 0.1) is 11.6 Å². The maximum absolute atomic E-state index is 14.0. The maximum atomic E-state index is 14.0. The van der Waals surface area contributed by atoms with Crippen LogP contribution < -0.4 is 4.74 Å². The molecule has 1 fully saturated rings.